The molecule has 92 valence electrons. The Labute approximate surface area is 96.7 Å². The number of rotatable bonds is 2. The van der Waals surface area contributed by atoms with Gasteiger partial charge in [-0.2, -0.15) is 0 Å². The second-order valence-corrected chi connectivity index (χ2v) is 5.14. The lowest BCUT2D eigenvalue weighted by atomic mass is 10.1. The number of anilines is 1. The summed E-state index contributed by atoms with van der Waals surface area (Å²) in [6, 6.07) is 3.99. The number of carboxylic acids is 1. The maximum absolute atomic E-state index is 11.2. The van der Waals surface area contributed by atoms with E-state index in [0.717, 1.165) is 0 Å². The Morgan fingerprint density at radius 1 is 1.47 bits per heavy atom. The summed E-state index contributed by atoms with van der Waals surface area (Å²) in [5, 5.41) is 17.9. The molecule has 1 aromatic rings. The molecule has 1 atom stereocenters. The molecular weight excluding hydrogens is 250 g/mol. The maximum atomic E-state index is 11.2. The van der Waals surface area contributed by atoms with Gasteiger partial charge in [0.15, 0.2) is 6.10 Å². The van der Waals surface area contributed by atoms with Crippen molar-refractivity contribution in [2.45, 2.75) is 6.10 Å². The van der Waals surface area contributed by atoms with Crippen LogP contribution in [0.2, 0.25) is 0 Å². The molecule has 1 unspecified atom stereocenters. The van der Waals surface area contributed by atoms with E-state index >= 15 is 0 Å². The van der Waals surface area contributed by atoms with Crippen molar-refractivity contribution in [3.63, 3.8) is 0 Å². The molecule has 0 aliphatic carbocycles. The van der Waals surface area contributed by atoms with Crippen molar-refractivity contribution in [3.05, 3.63) is 23.8 Å². The highest BCUT2D eigenvalue weighted by atomic mass is 32.2. The van der Waals surface area contributed by atoms with Gasteiger partial charge in [-0.05, 0) is 17.7 Å². The second kappa shape index (κ2) is 3.90. The van der Waals surface area contributed by atoms with Crippen LogP contribution < -0.4 is 9.46 Å². The van der Waals surface area contributed by atoms with Crippen molar-refractivity contribution in [1.82, 2.24) is 0 Å². The minimum Gasteiger partial charge on any atom is -0.479 e. The number of ether oxygens (including phenoxy) is 1. The summed E-state index contributed by atoms with van der Waals surface area (Å²) in [5.41, 5.74) is 0.193. The van der Waals surface area contributed by atoms with Crippen LogP contribution in [-0.2, 0) is 14.8 Å². The summed E-state index contributed by atoms with van der Waals surface area (Å²) in [4.78, 5) is 10.6. The van der Waals surface area contributed by atoms with Crippen LogP contribution in [0.15, 0.2) is 18.2 Å². The number of aliphatic carboxylic acids is 1. The van der Waals surface area contributed by atoms with Crippen LogP contribution in [0.3, 0.4) is 0 Å². The summed E-state index contributed by atoms with van der Waals surface area (Å²) in [6.45, 7) is 0. The minimum atomic E-state index is -3.56. The smallest absolute Gasteiger partial charge is 0.337 e. The van der Waals surface area contributed by atoms with E-state index in [1.165, 1.54) is 18.2 Å². The maximum Gasteiger partial charge on any atom is 0.337 e. The Kier molecular flexibility index (Phi) is 2.68. The number of hydrogen-bond acceptors (Lipinski definition) is 5. The predicted molar refractivity (Wildman–Crippen MR) is 57.1 cm³/mol. The third-order valence-corrected chi connectivity index (χ3v) is 3.15. The Morgan fingerprint density at radius 3 is 2.82 bits per heavy atom. The standard InChI is InChI=1S/C9H9NO6S/c11-8(9(12)13)5-1-2-7-6(3-5)10-17(14,15)4-16-7/h1-3,8,10-11H,4H2,(H,12,13). The van der Waals surface area contributed by atoms with Gasteiger partial charge in [0, 0.05) is 0 Å². The van der Waals surface area contributed by atoms with Crippen LogP contribution in [0.1, 0.15) is 11.7 Å². The summed E-state index contributed by atoms with van der Waals surface area (Å²) in [5.74, 6) is -1.61. The Balaban J connectivity index is 2.40. The van der Waals surface area contributed by atoms with Gasteiger partial charge in [-0.3, -0.25) is 4.72 Å². The summed E-state index contributed by atoms with van der Waals surface area (Å²) in [6.07, 6.45) is -1.70. The highest BCUT2D eigenvalue weighted by molar-refractivity contribution is 7.92. The van der Waals surface area contributed by atoms with E-state index in [9.17, 15) is 18.3 Å². The molecule has 17 heavy (non-hydrogen) atoms. The van der Waals surface area contributed by atoms with Crippen molar-refractivity contribution in [1.29, 1.82) is 0 Å². The average molecular weight is 259 g/mol. The average Bonchev–Trinajstić information content (AvgIpc) is 2.25. The van der Waals surface area contributed by atoms with Crippen molar-refractivity contribution in [3.8, 4) is 5.75 Å². The van der Waals surface area contributed by atoms with Gasteiger partial charge >= 0.3 is 5.97 Å². The monoisotopic (exact) mass is 259 g/mol. The van der Waals surface area contributed by atoms with Crippen LogP contribution in [0.5, 0.6) is 5.75 Å². The van der Waals surface area contributed by atoms with Gasteiger partial charge in [0.25, 0.3) is 10.0 Å². The van der Waals surface area contributed by atoms with Crippen LogP contribution in [0, 0.1) is 0 Å². The van der Waals surface area contributed by atoms with Crippen LogP contribution >= 0.6 is 0 Å². The molecule has 0 saturated carbocycles. The summed E-state index contributed by atoms with van der Waals surface area (Å²) in [7, 11) is -3.56. The third-order valence-electron chi connectivity index (χ3n) is 2.19. The SMILES string of the molecule is O=C(O)C(O)c1ccc2c(c1)NS(=O)(=O)CO2. The van der Waals surface area contributed by atoms with Gasteiger partial charge in [0.2, 0.25) is 5.94 Å². The molecule has 0 fully saturated rings. The predicted octanol–water partition coefficient (Wildman–Crippen LogP) is -0.104. The van der Waals surface area contributed by atoms with Gasteiger partial charge in [-0.15, -0.1) is 0 Å². The first-order valence-electron chi connectivity index (χ1n) is 4.57. The van der Waals surface area contributed by atoms with E-state index in [1.54, 1.807) is 0 Å². The topological polar surface area (TPSA) is 113 Å². The van der Waals surface area contributed by atoms with Crippen molar-refractivity contribution < 1.29 is 28.2 Å². The number of sulfonamides is 1. The van der Waals surface area contributed by atoms with Gasteiger partial charge in [0.1, 0.15) is 5.75 Å². The number of nitrogens with one attached hydrogen (secondary N) is 1. The fourth-order valence-electron chi connectivity index (χ4n) is 1.40. The highest BCUT2D eigenvalue weighted by Gasteiger charge is 2.24. The molecule has 1 aromatic carbocycles. The lowest BCUT2D eigenvalue weighted by Crippen LogP contribution is -2.25. The highest BCUT2D eigenvalue weighted by Crippen LogP contribution is 2.32. The number of hydrogen-bond donors (Lipinski definition) is 3. The van der Waals surface area contributed by atoms with Gasteiger partial charge in [-0.1, -0.05) is 6.07 Å². The van der Waals surface area contributed by atoms with E-state index in [-0.39, 0.29) is 11.3 Å². The molecule has 0 saturated heterocycles. The molecule has 1 aliphatic heterocycles. The van der Waals surface area contributed by atoms with E-state index < -0.39 is 28.0 Å². The molecule has 2 rings (SSSR count). The molecule has 7 nitrogen and oxygen atoms in total. The molecule has 0 radical (unpaired) electrons. The van der Waals surface area contributed by atoms with E-state index in [2.05, 4.69) is 4.72 Å². The fraction of sp³-hybridized carbons (Fsp3) is 0.222. The molecule has 8 heteroatoms. The first-order valence-corrected chi connectivity index (χ1v) is 6.22. The zero-order valence-corrected chi connectivity index (χ0v) is 9.27. The molecule has 0 spiro atoms. The van der Waals surface area contributed by atoms with Crippen molar-refractivity contribution in [2.75, 3.05) is 10.7 Å². The molecule has 3 N–H and O–H groups in total. The fourth-order valence-corrected chi connectivity index (χ4v) is 2.24. The zero-order chi connectivity index (χ0) is 12.6. The summed E-state index contributed by atoms with van der Waals surface area (Å²) >= 11 is 0. The molecular formula is C9H9NO6S. The number of aliphatic hydroxyl groups is 1. The molecule has 0 aromatic heterocycles. The van der Waals surface area contributed by atoms with Crippen LogP contribution in [0.25, 0.3) is 0 Å². The lowest BCUT2D eigenvalue weighted by Gasteiger charge is -2.20. The Morgan fingerprint density at radius 2 is 2.18 bits per heavy atom. The molecule has 1 heterocycles. The van der Waals surface area contributed by atoms with Crippen LogP contribution in [-0.4, -0.2) is 30.5 Å². The normalized spacial score (nSPS) is 18.4. The quantitative estimate of drug-likeness (QED) is 0.683. The van der Waals surface area contributed by atoms with E-state index in [4.69, 9.17) is 9.84 Å². The zero-order valence-electron chi connectivity index (χ0n) is 8.45. The number of aliphatic hydroxyl groups excluding tert-OH is 1. The lowest BCUT2D eigenvalue weighted by molar-refractivity contribution is -0.146. The van der Waals surface area contributed by atoms with E-state index in [0.29, 0.717) is 5.75 Å². The molecule has 0 bridgehead atoms. The number of carbonyl (C=O) groups is 1. The van der Waals surface area contributed by atoms with Gasteiger partial charge in [-0.25, -0.2) is 13.2 Å². The Bertz CT molecular complexity index is 567. The van der Waals surface area contributed by atoms with Crippen molar-refractivity contribution in [2.24, 2.45) is 0 Å². The first kappa shape index (κ1) is 11.7. The Hall–Kier alpha value is -1.80. The van der Waals surface area contributed by atoms with Crippen molar-refractivity contribution >= 4 is 21.7 Å². The minimum absolute atomic E-state index is 0.0736. The first-order chi connectivity index (χ1) is 7.89. The summed E-state index contributed by atoms with van der Waals surface area (Å²) < 4.78 is 29.6. The van der Waals surface area contributed by atoms with E-state index in [1.807, 2.05) is 0 Å². The van der Waals surface area contributed by atoms with Crippen LogP contribution in [0.4, 0.5) is 5.69 Å². The van der Waals surface area contributed by atoms with Gasteiger partial charge in [0.05, 0.1) is 5.69 Å². The number of benzene rings is 1. The molecule has 0 amide bonds. The number of carboxylic acid groups (broad SMARTS) is 1. The third kappa shape index (κ3) is 2.32. The number of fused-ring (bicyclic) bond motifs is 1. The second-order valence-electron chi connectivity index (χ2n) is 3.48. The molecule has 1 aliphatic rings. The largest absolute Gasteiger partial charge is 0.479 e. The van der Waals surface area contributed by atoms with Gasteiger partial charge < -0.3 is 14.9 Å².